The zero-order chi connectivity index (χ0) is 6.69. The maximum Gasteiger partial charge on any atom is 0.145 e. The lowest BCUT2D eigenvalue weighted by atomic mass is 10.5. The summed E-state index contributed by atoms with van der Waals surface area (Å²) in [6.45, 7) is 0. The third-order valence-corrected chi connectivity index (χ3v) is 1.62. The van der Waals surface area contributed by atoms with Gasteiger partial charge in [0.2, 0.25) is 0 Å². The van der Waals surface area contributed by atoms with Crippen molar-refractivity contribution in [3.63, 3.8) is 0 Å². The summed E-state index contributed by atoms with van der Waals surface area (Å²) < 4.78 is 0. The quantitative estimate of drug-likeness (QED) is 0.645. The fourth-order valence-electron chi connectivity index (χ4n) is 0.592. The Balaban J connectivity index is 2.69. The standard InChI is InChI=1S/C5H9N3S/c1-9-2-4-5(6)8-3-7-4/h3H,2,6H2,1H3,(H,7,8). The number of hydrogen-bond acceptors (Lipinski definition) is 3. The molecule has 0 atom stereocenters. The highest BCUT2D eigenvalue weighted by Gasteiger charge is 1.97. The zero-order valence-electron chi connectivity index (χ0n) is 5.22. The number of nitrogen functional groups attached to an aromatic ring is 1. The number of aromatic nitrogens is 2. The second kappa shape index (κ2) is 2.77. The van der Waals surface area contributed by atoms with Gasteiger partial charge in [0.1, 0.15) is 5.82 Å². The number of nitrogens with one attached hydrogen (secondary N) is 1. The Hall–Kier alpha value is -0.640. The summed E-state index contributed by atoms with van der Waals surface area (Å²) in [5.74, 6) is 1.52. The Labute approximate surface area is 58.1 Å². The van der Waals surface area contributed by atoms with Crippen molar-refractivity contribution in [1.82, 2.24) is 9.97 Å². The van der Waals surface area contributed by atoms with E-state index in [0.29, 0.717) is 5.82 Å². The number of hydrogen-bond donors (Lipinski definition) is 2. The van der Waals surface area contributed by atoms with Crippen LogP contribution in [0.4, 0.5) is 5.82 Å². The second-order valence-corrected chi connectivity index (χ2v) is 2.57. The monoisotopic (exact) mass is 143 g/mol. The molecule has 3 N–H and O–H groups in total. The van der Waals surface area contributed by atoms with E-state index in [1.165, 1.54) is 0 Å². The van der Waals surface area contributed by atoms with Crippen LogP contribution in [0.5, 0.6) is 0 Å². The number of aromatic amines is 1. The highest BCUT2D eigenvalue weighted by atomic mass is 32.2. The molecule has 50 valence electrons. The predicted molar refractivity (Wildman–Crippen MR) is 40.2 cm³/mol. The van der Waals surface area contributed by atoms with E-state index in [0.717, 1.165) is 11.4 Å². The van der Waals surface area contributed by atoms with Gasteiger partial charge in [0.05, 0.1) is 12.0 Å². The molecule has 0 aliphatic rings. The molecule has 1 rings (SSSR count). The first-order chi connectivity index (χ1) is 4.34. The van der Waals surface area contributed by atoms with Crippen LogP contribution in [0.25, 0.3) is 0 Å². The van der Waals surface area contributed by atoms with Gasteiger partial charge in [0.25, 0.3) is 0 Å². The Morgan fingerprint density at radius 3 is 3.11 bits per heavy atom. The average Bonchev–Trinajstić information content (AvgIpc) is 2.18. The highest BCUT2D eigenvalue weighted by molar-refractivity contribution is 7.97. The molecule has 0 bridgehead atoms. The normalized spacial score (nSPS) is 9.89. The van der Waals surface area contributed by atoms with Crippen LogP contribution in [0.2, 0.25) is 0 Å². The molecule has 0 saturated carbocycles. The molecule has 9 heavy (non-hydrogen) atoms. The molecule has 0 amide bonds. The second-order valence-electron chi connectivity index (χ2n) is 1.70. The van der Waals surface area contributed by atoms with Crippen molar-refractivity contribution in [2.75, 3.05) is 12.0 Å². The van der Waals surface area contributed by atoms with Crippen LogP contribution in [-0.4, -0.2) is 16.2 Å². The predicted octanol–water partition coefficient (Wildman–Crippen LogP) is 0.855. The third-order valence-electron chi connectivity index (χ3n) is 1.04. The summed E-state index contributed by atoms with van der Waals surface area (Å²) in [6, 6.07) is 0. The number of rotatable bonds is 2. The van der Waals surface area contributed by atoms with Gasteiger partial charge in [0, 0.05) is 5.75 Å². The lowest BCUT2D eigenvalue weighted by molar-refractivity contribution is 1.23. The molecule has 0 aromatic carbocycles. The van der Waals surface area contributed by atoms with Crippen molar-refractivity contribution < 1.29 is 0 Å². The lowest BCUT2D eigenvalue weighted by Gasteiger charge is -1.91. The van der Waals surface area contributed by atoms with Gasteiger partial charge in [-0.2, -0.15) is 11.8 Å². The molecule has 1 heterocycles. The minimum absolute atomic E-state index is 0.615. The molecular weight excluding hydrogens is 134 g/mol. The molecule has 0 saturated heterocycles. The molecule has 1 aromatic rings. The van der Waals surface area contributed by atoms with Gasteiger partial charge < -0.3 is 10.7 Å². The van der Waals surface area contributed by atoms with E-state index >= 15 is 0 Å². The number of nitrogens with two attached hydrogens (primary N) is 1. The van der Waals surface area contributed by atoms with Crippen LogP contribution in [0.3, 0.4) is 0 Å². The largest absolute Gasteiger partial charge is 0.382 e. The highest BCUT2D eigenvalue weighted by Crippen LogP contribution is 2.10. The summed E-state index contributed by atoms with van der Waals surface area (Å²) >= 11 is 1.72. The van der Waals surface area contributed by atoms with Crippen molar-refractivity contribution >= 4 is 17.6 Å². The number of anilines is 1. The van der Waals surface area contributed by atoms with Crippen LogP contribution in [0.15, 0.2) is 6.33 Å². The van der Waals surface area contributed by atoms with Crippen LogP contribution in [0, 0.1) is 0 Å². The summed E-state index contributed by atoms with van der Waals surface area (Å²) in [5.41, 5.74) is 6.49. The van der Waals surface area contributed by atoms with Gasteiger partial charge in [-0.15, -0.1) is 0 Å². The topological polar surface area (TPSA) is 54.7 Å². The van der Waals surface area contributed by atoms with E-state index < -0.39 is 0 Å². The van der Waals surface area contributed by atoms with E-state index in [-0.39, 0.29) is 0 Å². The molecule has 1 aromatic heterocycles. The van der Waals surface area contributed by atoms with Gasteiger partial charge in [-0.1, -0.05) is 0 Å². The summed E-state index contributed by atoms with van der Waals surface area (Å²) in [7, 11) is 0. The number of nitrogens with zero attached hydrogens (tertiary/aromatic N) is 1. The fraction of sp³-hybridized carbons (Fsp3) is 0.400. The van der Waals surface area contributed by atoms with Crippen molar-refractivity contribution in [2.24, 2.45) is 0 Å². The molecule has 0 fully saturated rings. The number of imidazole rings is 1. The maximum absolute atomic E-state index is 5.47. The molecule has 0 aliphatic heterocycles. The smallest absolute Gasteiger partial charge is 0.145 e. The van der Waals surface area contributed by atoms with E-state index in [1.807, 2.05) is 6.26 Å². The number of H-pyrrole nitrogens is 1. The minimum atomic E-state index is 0.615. The first-order valence-corrected chi connectivity index (χ1v) is 4.00. The number of thioether (sulfide) groups is 1. The molecule has 0 spiro atoms. The molecule has 4 heteroatoms. The van der Waals surface area contributed by atoms with E-state index in [4.69, 9.17) is 5.73 Å². The van der Waals surface area contributed by atoms with Gasteiger partial charge in [-0.3, -0.25) is 0 Å². The Morgan fingerprint density at radius 1 is 1.89 bits per heavy atom. The fourth-order valence-corrected chi connectivity index (χ4v) is 1.11. The molecular formula is C5H9N3S. The van der Waals surface area contributed by atoms with Gasteiger partial charge in [0.15, 0.2) is 0 Å². The zero-order valence-corrected chi connectivity index (χ0v) is 6.03. The van der Waals surface area contributed by atoms with E-state index in [1.54, 1.807) is 18.1 Å². The Bertz CT molecular complexity index is 184. The Kier molecular flexibility index (Phi) is 2.00. The minimum Gasteiger partial charge on any atom is -0.382 e. The molecule has 0 radical (unpaired) electrons. The van der Waals surface area contributed by atoms with Crippen molar-refractivity contribution in [2.45, 2.75) is 5.75 Å². The first-order valence-electron chi connectivity index (χ1n) is 2.61. The van der Waals surface area contributed by atoms with E-state index in [9.17, 15) is 0 Å². The first kappa shape index (κ1) is 6.48. The SMILES string of the molecule is CSCc1[nH]cnc1N. The van der Waals surface area contributed by atoms with Crippen LogP contribution < -0.4 is 5.73 Å². The van der Waals surface area contributed by atoms with Crippen LogP contribution >= 0.6 is 11.8 Å². The third kappa shape index (κ3) is 1.38. The summed E-state index contributed by atoms with van der Waals surface area (Å²) in [5, 5.41) is 0. The average molecular weight is 143 g/mol. The molecule has 0 aliphatic carbocycles. The van der Waals surface area contributed by atoms with Crippen molar-refractivity contribution in [3.05, 3.63) is 12.0 Å². The summed E-state index contributed by atoms with van der Waals surface area (Å²) in [6.07, 6.45) is 3.64. The Morgan fingerprint density at radius 2 is 2.67 bits per heavy atom. The molecule has 0 unspecified atom stereocenters. The maximum atomic E-state index is 5.47. The summed E-state index contributed by atoms with van der Waals surface area (Å²) in [4.78, 5) is 6.79. The van der Waals surface area contributed by atoms with Crippen LogP contribution in [-0.2, 0) is 5.75 Å². The van der Waals surface area contributed by atoms with Gasteiger partial charge in [-0.05, 0) is 6.26 Å². The lowest BCUT2D eigenvalue weighted by Crippen LogP contribution is -1.89. The van der Waals surface area contributed by atoms with Gasteiger partial charge in [-0.25, -0.2) is 4.98 Å². The van der Waals surface area contributed by atoms with Gasteiger partial charge >= 0.3 is 0 Å². The van der Waals surface area contributed by atoms with E-state index in [2.05, 4.69) is 9.97 Å². The van der Waals surface area contributed by atoms with Crippen LogP contribution in [0.1, 0.15) is 5.69 Å². The van der Waals surface area contributed by atoms with Crippen molar-refractivity contribution in [3.8, 4) is 0 Å². The molecule has 3 nitrogen and oxygen atoms in total. The van der Waals surface area contributed by atoms with Crippen molar-refractivity contribution in [1.29, 1.82) is 0 Å².